The lowest BCUT2D eigenvalue weighted by atomic mass is 10.1. The lowest BCUT2D eigenvalue weighted by Crippen LogP contribution is -2.33. The highest BCUT2D eigenvalue weighted by atomic mass is 16.5. The Labute approximate surface area is 265 Å². The molecule has 14 nitrogen and oxygen atoms in total. The van der Waals surface area contributed by atoms with Gasteiger partial charge in [-0.25, -0.2) is 19.9 Å². The molecule has 0 saturated carbocycles. The number of carbonyl (C=O) groups excluding carboxylic acids is 1. The third-order valence-electron chi connectivity index (χ3n) is 8.57. The number of rotatable bonds is 9. The van der Waals surface area contributed by atoms with Crippen molar-refractivity contribution in [2.75, 3.05) is 48.3 Å². The highest BCUT2D eigenvalue weighted by Gasteiger charge is 2.27. The number of nitrogens with zero attached hydrogens (tertiary/aromatic N) is 8. The highest BCUT2D eigenvalue weighted by Crippen LogP contribution is 2.33. The second-order valence-corrected chi connectivity index (χ2v) is 12.0. The van der Waals surface area contributed by atoms with E-state index in [1.54, 1.807) is 10.9 Å². The van der Waals surface area contributed by atoms with E-state index in [0.29, 0.717) is 36.4 Å². The zero-order chi connectivity index (χ0) is 31.8. The molecule has 0 spiro atoms. The topological polar surface area (TPSA) is 162 Å². The average Bonchev–Trinajstić information content (AvgIpc) is 3.83. The van der Waals surface area contributed by atoms with Gasteiger partial charge in [0.1, 0.15) is 18.2 Å². The molecule has 2 saturated heterocycles. The quantitative estimate of drug-likeness (QED) is 0.191. The first-order valence-corrected chi connectivity index (χ1v) is 15.4. The van der Waals surface area contributed by atoms with Gasteiger partial charge in [-0.1, -0.05) is 12.1 Å². The van der Waals surface area contributed by atoms with E-state index in [-0.39, 0.29) is 24.7 Å². The molecule has 2 aliphatic rings. The Morgan fingerprint density at radius 3 is 2.83 bits per heavy atom. The Hall–Kier alpha value is -5.08. The zero-order valence-corrected chi connectivity index (χ0v) is 26.1. The number of hydrogen-bond acceptors (Lipinski definition) is 11. The number of nitrogens with one attached hydrogen (secondary N) is 3. The summed E-state index contributed by atoms with van der Waals surface area (Å²) in [7, 11) is 1.89. The summed E-state index contributed by atoms with van der Waals surface area (Å²) in [5, 5.41) is 21.5. The van der Waals surface area contributed by atoms with Crippen molar-refractivity contribution in [2.24, 2.45) is 7.05 Å². The highest BCUT2D eigenvalue weighted by molar-refractivity contribution is 6.06. The number of aryl methyl sites for hydroxylation is 3. The number of ether oxygens (including phenoxy) is 1. The van der Waals surface area contributed by atoms with Gasteiger partial charge in [0.15, 0.2) is 5.82 Å². The first-order chi connectivity index (χ1) is 22.3. The van der Waals surface area contributed by atoms with Gasteiger partial charge in [-0.3, -0.25) is 14.4 Å². The van der Waals surface area contributed by atoms with E-state index in [0.717, 1.165) is 65.2 Å². The first kappa shape index (κ1) is 29.6. The van der Waals surface area contributed by atoms with E-state index in [4.69, 9.17) is 9.72 Å². The van der Waals surface area contributed by atoms with E-state index in [9.17, 15) is 9.90 Å². The number of aromatic amines is 1. The van der Waals surface area contributed by atoms with Crippen molar-refractivity contribution in [1.82, 2.24) is 39.6 Å². The van der Waals surface area contributed by atoms with Gasteiger partial charge in [0.25, 0.3) is 0 Å². The largest absolute Gasteiger partial charge is 0.473 e. The number of H-pyrrole nitrogens is 1. The molecule has 7 rings (SSSR count). The number of carbonyl (C=O) groups is 1. The Bertz CT molecular complexity index is 1870. The fourth-order valence-electron chi connectivity index (χ4n) is 6.08. The van der Waals surface area contributed by atoms with Crippen LogP contribution in [-0.4, -0.2) is 95.5 Å². The minimum absolute atomic E-state index is 0.0775. The molecule has 14 heteroatoms. The third-order valence-corrected chi connectivity index (χ3v) is 8.57. The summed E-state index contributed by atoms with van der Waals surface area (Å²) in [6.07, 6.45) is 6.31. The second kappa shape index (κ2) is 12.4. The van der Waals surface area contributed by atoms with Gasteiger partial charge in [0.05, 0.1) is 29.5 Å². The van der Waals surface area contributed by atoms with Crippen LogP contribution >= 0.6 is 0 Å². The molecule has 1 aromatic carbocycles. The Balaban J connectivity index is 0.992. The smallest absolute Gasteiger partial charge is 0.238 e. The first-order valence-electron chi connectivity index (χ1n) is 15.4. The molecule has 1 unspecified atom stereocenters. The van der Waals surface area contributed by atoms with Gasteiger partial charge in [-0.05, 0) is 38.3 Å². The van der Waals surface area contributed by atoms with Crippen molar-refractivity contribution in [3.63, 3.8) is 0 Å². The maximum Gasteiger partial charge on any atom is 0.238 e. The van der Waals surface area contributed by atoms with E-state index < -0.39 is 0 Å². The normalized spacial score (nSPS) is 18.4. The summed E-state index contributed by atoms with van der Waals surface area (Å²) in [6.45, 7) is 6.89. The van der Waals surface area contributed by atoms with Gasteiger partial charge < -0.3 is 30.4 Å². The van der Waals surface area contributed by atoms with Crippen molar-refractivity contribution in [2.45, 2.75) is 38.9 Å². The predicted molar refractivity (Wildman–Crippen MR) is 174 cm³/mol. The minimum Gasteiger partial charge on any atom is -0.473 e. The molecule has 2 aliphatic heterocycles. The van der Waals surface area contributed by atoms with Crippen LogP contribution in [0, 0.1) is 13.8 Å². The van der Waals surface area contributed by atoms with Crippen LogP contribution in [0.2, 0.25) is 0 Å². The third kappa shape index (κ3) is 6.21. The standard InChI is InChI=1S/C32H37N11O3/c1-19-13-34-32(38-26-11-20(2)41(3)40-26)39-30(19)24-14-33-31-23(24)5-4-6-25(31)37-28(45)17-42-9-8-22(16-42)46-29-12-27(35-18-36-29)43-10-7-21(44)15-43/h4-6,11-14,18,21-22,33,44H,7-10,15-17H2,1-3H3,(H,37,45)(H,34,38,39,40)/t21?,22-/m0/s1. The number of benzene rings is 1. The zero-order valence-electron chi connectivity index (χ0n) is 26.1. The van der Waals surface area contributed by atoms with Crippen LogP contribution in [0.3, 0.4) is 0 Å². The number of hydrogen-bond donors (Lipinski definition) is 4. The van der Waals surface area contributed by atoms with Crippen molar-refractivity contribution in [3.05, 3.63) is 60.3 Å². The van der Waals surface area contributed by atoms with Gasteiger partial charge >= 0.3 is 0 Å². The molecule has 4 aromatic heterocycles. The van der Waals surface area contributed by atoms with Gasteiger partial charge in [0.2, 0.25) is 17.7 Å². The number of anilines is 4. The van der Waals surface area contributed by atoms with Gasteiger partial charge in [-0.2, -0.15) is 5.10 Å². The summed E-state index contributed by atoms with van der Waals surface area (Å²) in [4.78, 5) is 38.5. The van der Waals surface area contributed by atoms with Crippen molar-refractivity contribution in [1.29, 1.82) is 0 Å². The molecule has 2 fully saturated rings. The molecule has 6 heterocycles. The van der Waals surface area contributed by atoms with Crippen LogP contribution in [0.5, 0.6) is 5.88 Å². The monoisotopic (exact) mass is 623 g/mol. The fourth-order valence-corrected chi connectivity index (χ4v) is 6.08. The number of likely N-dealkylation sites (tertiary alicyclic amines) is 1. The van der Waals surface area contributed by atoms with Crippen LogP contribution in [0.25, 0.3) is 22.2 Å². The molecule has 1 amide bonds. The summed E-state index contributed by atoms with van der Waals surface area (Å²) in [5.41, 5.74) is 5.19. The van der Waals surface area contributed by atoms with E-state index in [2.05, 4.69) is 40.6 Å². The van der Waals surface area contributed by atoms with E-state index in [1.807, 2.05) is 62.3 Å². The molecule has 46 heavy (non-hydrogen) atoms. The van der Waals surface area contributed by atoms with Crippen molar-refractivity contribution < 1.29 is 14.6 Å². The molecule has 0 radical (unpaired) electrons. The van der Waals surface area contributed by atoms with Crippen LogP contribution in [-0.2, 0) is 11.8 Å². The average molecular weight is 624 g/mol. The van der Waals surface area contributed by atoms with Gasteiger partial charge in [0, 0.05) is 74.4 Å². The van der Waals surface area contributed by atoms with Crippen LogP contribution in [0.15, 0.2) is 49.1 Å². The maximum atomic E-state index is 13.2. The molecule has 5 aromatic rings. The van der Waals surface area contributed by atoms with Crippen LogP contribution in [0.1, 0.15) is 24.1 Å². The van der Waals surface area contributed by atoms with Crippen LogP contribution in [0.4, 0.5) is 23.3 Å². The number of aromatic nitrogens is 7. The molecule has 2 atom stereocenters. The minimum atomic E-state index is -0.333. The Morgan fingerprint density at radius 2 is 2.02 bits per heavy atom. The summed E-state index contributed by atoms with van der Waals surface area (Å²) >= 11 is 0. The van der Waals surface area contributed by atoms with Crippen molar-refractivity contribution >= 4 is 40.1 Å². The Kier molecular flexibility index (Phi) is 7.96. The summed E-state index contributed by atoms with van der Waals surface area (Å²) in [6, 6.07) is 9.60. The molecule has 238 valence electrons. The number of para-hydroxylation sites is 1. The maximum absolute atomic E-state index is 13.2. The molecule has 0 aliphatic carbocycles. The van der Waals surface area contributed by atoms with Gasteiger partial charge in [-0.15, -0.1) is 0 Å². The summed E-state index contributed by atoms with van der Waals surface area (Å²) in [5.74, 6) is 2.29. The lowest BCUT2D eigenvalue weighted by Gasteiger charge is -2.19. The fraction of sp³-hybridized carbons (Fsp3) is 0.375. The van der Waals surface area contributed by atoms with E-state index >= 15 is 0 Å². The SMILES string of the molecule is Cc1cnc(Nc2cc(C)n(C)n2)nc1-c1c[nH]c2c(NC(=O)CN3CC[C@H](Oc4cc(N5CCC(O)C5)ncn4)C3)cccc12. The lowest BCUT2D eigenvalue weighted by molar-refractivity contribution is -0.117. The molecule has 0 bridgehead atoms. The number of aliphatic hydroxyl groups excluding tert-OH is 1. The Morgan fingerprint density at radius 1 is 1.13 bits per heavy atom. The number of fused-ring (bicyclic) bond motifs is 1. The number of amides is 1. The van der Waals surface area contributed by atoms with Crippen molar-refractivity contribution in [3.8, 4) is 17.1 Å². The second-order valence-electron chi connectivity index (χ2n) is 12.0. The molecular weight excluding hydrogens is 586 g/mol. The van der Waals surface area contributed by atoms with Crippen LogP contribution < -0.4 is 20.3 Å². The van der Waals surface area contributed by atoms with E-state index in [1.165, 1.54) is 6.33 Å². The molecule has 4 N–H and O–H groups in total. The predicted octanol–water partition coefficient (Wildman–Crippen LogP) is 3.17. The molecular formula is C32H37N11O3. The number of β-amino-alcohol motifs (C(OH)–C–C–N with tert-alkyl or cyclic N) is 1. The number of aliphatic hydroxyl groups is 1. The summed E-state index contributed by atoms with van der Waals surface area (Å²) < 4.78 is 7.95.